The molecule has 2 amide bonds. The predicted octanol–water partition coefficient (Wildman–Crippen LogP) is 3.99. The van der Waals surface area contributed by atoms with Gasteiger partial charge in [0.05, 0.1) is 32.1 Å². The van der Waals surface area contributed by atoms with E-state index in [1.54, 1.807) is 13.2 Å². The van der Waals surface area contributed by atoms with Gasteiger partial charge in [-0.3, -0.25) is 14.5 Å². The maximum atomic E-state index is 14.0. The third kappa shape index (κ3) is 6.55. The number of hydrogen-bond acceptors (Lipinski definition) is 6. The van der Waals surface area contributed by atoms with Crippen molar-refractivity contribution >= 4 is 17.5 Å². The van der Waals surface area contributed by atoms with Crippen LogP contribution in [0.4, 0.5) is 4.39 Å². The van der Waals surface area contributed by atoms with Crippen LogP contribution in [0.2, 0.25) is 0 Å². The molecule has 5 rings (SSSR count). The molecule has 1 atom stereocenters. The zero-order valence-electron chi connectivity index (χ0n) is 22.5. The minimum absolute atomic E-state index is 0.178. The Balaban J connectivity index is 1.40. The van der Waals surface area contributed by atoms with Crippen LogP contribution in [0, 0.1) is 5.82 Å². The zero-order chi connectivity index (χ0) is 27.9. The highest BCUT2D eigenvalue weighted by molar-refractivity contribution is 6.03. The second-order valence-electron chi connectivity index (χ2n) is 9.84. The van der Waals surface area contributed by atoms with Gasteiger partial charge in [0.15, 0.2) is 0 Å². The summed E-state index contributed by atoms with van der Waals surface area (Å²) in [5.74, 6) is -0.454. The number of amides is 2. The van der Waals surface area contributed by atoms with Crippen LogP contribution in [0.1, 0.15) is 33.9 Å². The van der Waals surface area contributed by atoms with E-state index in [1.165, 1.54) is 28.1 Å². The lowest BCUT2D eigenvalue weighted by atomic mass is 9.98. The van der Waals surface area contributed by atoms with Gasteiger partial charge in [-0.2, -0.15) is 5.10 Å². The predicted molar refractivity (Wildman–Crippen MR) is 150 cm³/mol. The molecule has 2 aliphatic heterocycles. The van der Waals surface area contributed by atoms with E-state index < -0.39 is 11.7 Å². The van der Waals surface area contributed by atoms with E-state index in [1.807, 2.05) is 54.6 Å². The molecule has 2 heterocycles. The molecular weight excluding hydrogens is 511 g/mol. The molecule has 0 N–H and O–H groups in total. The van der Waals surface area contributed by atoms with Gasteiger partial charge in [-0.05, 0) is 53.6 Å². The van der Waals surface area contributed by atoms with Crippen molar-refractivity contribution in [1.29, 1.82) is 0 Å². The molecule has 3 aromatic carbocycles. The van der Waals surface area contributed by atoms with Crippen LogP contribution in [0.25, 0.3) is 0 Å². The first-order valence-electron chi connectivity index (χ1n) is 13.5. The summed E-state index contributed by atoms with van der Waals surface area (Å²) in [6.07, 6.45) is 0.535. The number of halogens is 1. The molecule has 0 spiro atoms. The van der Waals surface area contributed by atoms with Crippen LogP contribution in [0.15, 0.2) is 84.0 Å². The first-order chi connectivity index (χ1) is 19.5. The molecule has 0 bridgehead atoms. The summed E-state index contributed by atoms with van der Waals surface area (Å²) in [5, 5.41) is 6.25. The monoisotopic (exact) mass is 544 g/mol. The van der Waals surface area contributed by atoms with Crippen LogP contribution < -0.4 is 4.74 Å². The number of carbonyl (C=O) groups is 2. The molecule has 3 aromatic rings. The molecule has 0 saturated carbocycles. The SMILES string of the molecule is COc1ccc(C2=NN(C(=O)CN(CCN3CCOCC3)C(=O)c3cccc(F)c3)C(c3ccccc3)C2)cc1. The number of carbonyl (C=O) groups excluding carboxylic acids is 2. The lowest BCUT2D eigenvalue weighted by molar-refractivity contribution is -0.133. The molecule has 8 nitrogen and oxygen atoms in total. The molecular formula is C31H33FN4O4. The minimum atomic E-state index is -0.497. The molecule has 1 unspecified atom stereocenters. The Morgan fingerprint density at radius 1 is 1.02 bits per heavy atom. The largest absolute Gasteiger partial charge is 0.497 e. The highest BCUT2D eigenvalue weighted by Gasteiger charge is 2.34. The number of ether oxygens (including phenoxy) is 2. The van der Waals surface area contributed by atoms with Crippen molar-refractivity contribution in [2.45, 2.75) is 12.5 Å². The topological polar surface area (TPSA) is 74.7 Å². The summed E-state index contributed by atoms with van der Waals surface area (Å²) in [6.45, 7) is 3.50. The standard InChI is InChI=1S/C31H33FN4O4/c1-39-27-12-10-23(11-13-27)28-21-29(24-6-3-2-4-7-24)36(33-28)30(37)22-35(15-14-34-16-18-40-19-17-34)31(38)25-8-5-9-26(32)20-25/h2-13,20,29H,14-19,21-22H2,1H3. The fourth-order valence-corrected chi connectivity index (χ4v) is 5.01. The van der Waals surface area contributed by atoms with Gasteiger partial charge < -0.3 is 14.4 Å². The van der Waals surface area contributed by atoms with Crippen molar-refractivity contribution in [3.63, 3.8) is 0 Å². The second kappa shape index (κ2) is 12.8. The van der Waals surface area contributed by atoms with Crippen molar-refractivity contribution in [2.75, 3.05) is 53.0 Å². The zero-order valence-corrected chi connectivity index (χ0v) is 22.5. The summed E-state index contributed by atoms with van der Waals surface area (Å²) >= 11 is 0. The molecule has 40 heavy (non-hydrogen) atoms. The number of hydrogen-bond donors (Lipinski definition) is 0. The number of nitrogens with zero attached hydrogens (tertiary/aromatic N) is 4. The quantitative estimate of drug-likeness (QED) is 0.407. The van der Waals surface area contributed by atoms with Crippen molar-refractivity contribution in [2.24, 2.45) is 5.10 Å². The fraction of sp³-hybridized carbons (Fsp3) is 0.323. The van der Waals surface area contributed by atoms with Crippen molar-refractivity contribution in [3.8, 4) is 5.75 Å². The van der Waals surface area contributed by atoms with Crippen molar-refractivity contribution in [3.05, 3.63) is 101 Å². The lowest BCUT2D eigenvalue weighted by Gasteiger charge is -2.31. The third-order valence-corrected chi connectivity index (χ3v) is 7.25. The second-order valence-corrected chi connectivity index (χ2v) is 9.84. The van der Waals surface area contributed by atoms with Crippen LogP contribution in [0.3, 0.4) is 0 Å². The van der Waals surface area contributed by atoms with Crippen molar-refractivity contribution in [1.82, 2.24) is 14.8 Å². The molecule has 9 heteroatoms. The molecule has 0 aromatic heterocycles. The van der Waals surface area contributed by atoms with Gasteiger partial charge in [0.1, 0.15) is 18.1 Å². The molecule has 0 aliphatic carbocycles. The van der Waals surface area contributed by atoms with E-state index in [0.29, 0.717) is 32.7 Å². The van der Waals surface area contributed by atoms with E-state index in [4.69, 9.17) is 14.6 Å². The Bertz CT molecular complexity index is 1340. The maximum Gasteiger partial charge on any atom is 0.262 e. The normalized spacial score (nSPS) is 17.4. The third-order valence-electron chi connectivity index (χ3n) is 7.25. The Morgan fingerprint density at radius 2 is 1.77 bits per heavy atom. The van der Waals surface area contributed by atoms with Gasteiger partial charge in [-0.15, -0.1) is 0 Å². The molecule has 1 fully saturated rings. The first kappa shape index (κ1) is 27.5. The van der Waals surface area contributed by atoms with Gasteiger partial charge in [-0.25, -0.2) is 9.40 Å². The Labute approximate surface area is 233 Å². The van der Waals surface area contributed by atoms with Crippen molar-refractivity contribution < 1.29 is 23.5 Å². The van der Waals surface area contributed by atoms with Gasteiger partial charge in [0.25, 0.3) is 11.8 Å². The van der Waals surface area contributed by atoms with Crippen LogP contribution >= 0.6 is 0 Å². The van der Waals surface area contributed by atoms with Gasteiger partial charge in [0, 0.05) is 38.2 Å². The molecule has 0 radical (unpaired) electrons. The Morgan fingerprint density at radius 3 is 2.48 bits per heavy atom. The van der Waals surface area contributed by atoms with Gasteiger partial charge in [-0.1, -0.05) is 36.4 Å². The summed E-state index contributed by atoms with van der Waals surface area (Å²) in [6, 6.07) is 22.6. The highest BCUT2D eigenvalue weighted by Crippen LogP contribution is 2.33. The van der Waals surface area contributed by atoms with Crippen LogP contribution in [0.5, 0.6) is 5.75 Å². The molecule has 208 valence electrons. The van der Waals surface area contributed by atoms with E-state index in [-0.39, 0.29) is 24.1 Å². The summed E-state index contributed by atoms with van der Waals surface area (Å²) in [5.41, 5.74) is 2.84. The lowest BCUT2D eigenvalue weighted by Crippen LogP contribution is -2.46. The number of morpholine rings is 1. The van der Waals surface area contributed by atoms with Crippen LogP contribution in [-0.2, 0) is 9.53 Å². The number of benzene rings is 3. The van der Waals surface area contributed by atoms with Crippen LogP contribution in [-0.4, -0.2) is 85.4 Å². The summed E-state index contributed by atoms with van der Waals surface area (Å²) < 4.78 is 24.7. The summed E-state index contributed by atoms with van der Waals surface area (Å²) in [7, 11) is 1.61. The number of rotatable bonds is 9. The Hall–Kier alpha value is -4.08. The number of methoxy groups -OCH3 is 1. The van der Waals surface area contributed by atoms with E-state index in [9.17, 15) is 14.0 Å². The highest BCUT2D eigenvalue weighted by atomic mass is 19.1. The van der Waals surface area contributed by atoms with Gasteiger partial charge >= 0.3 is 0 Å². The van der Waals surface area contributed by atoms with E-state index >= 15 is 0 Å². The minimum Gasteiger partial charge on any atom is -0.497 e. The first-order valence-corrected chi connectivity index (χ1v) is 13.5. The molecule has 1 saturated heterocycles. The maximum absolute atomic E-state index is 14.0. The Kier molecular flexibility index (Phi) is 8.83. The van der Waals surface area contributed by atoms with E-state index in [0.717, 1.165) is 35.7 Å². The molecule has 2 aliphatic rings. The number of hydrazone groups is 1. The average Bonchev–Trinajstić information content (AvgIpc) is 3.46. The average molecular weight is 545 g/mol. The van der Waals surface area contributed by atoms with Gasteiger partial charge in [0.2, 0.25) is 0 Å². The summed E-state index contributed by atoms with van der Waals surface area (Å²) in [4.78, 5) is 31.1. The fourth-order valence-electron chi connectivity index (χ4n) is 5.01. The smallest absolute Gasteiger partial charge is 0.262 e. The van der Waals surface area contributed by atoms with E-state index in [2.05, 4.69) is 4.90 Å².